The third-order valence-corrected chi connectivity index (χ3v) is 5.02. The maximum absolute atomic E-state index is 12.6. The van der Waals surface area contributed by atoms with Crippen molar-refractivity contribution in [1.29, 1.82) is 0 Å². The van der Waals surface area contributed by atoms with Gasteiger partial charge in [0.15, 0.2) is 0 Å². The molecule has 2 atom stereocenters. The summed E-state index contributed by atoms with van der Waals surface area (Å²) < 4.78 is 0. The third-order valence-electron chi connectivity index (χ3n) is 4.71. The number of carbonyl (C=O) groups is 1. The van der Waals surface area contributed by atoms with Crippen molar-refractivity contribution in [3.63, 3.8) is 0 Å². The van der Waals surface area contributed by atoms with E-state index in [2.05, 4.69) is 5.32 Å². The molecule has 3 rings (SSSR count). The molecular weight excluding hydrogens is 306 g/mol. The van der Waals surface area contributed by atoms with Crippen LogP contribution in [0.5, 0.6) is 0 Å². The fraction of sp³-hybridized carbons (Fsp3) is 0.533. The number of piperidine rings is 1. The van der Waals surface area contributed by atoms with Crippen LogP contribution in [0.3, 0.4) is 0 Å². The lowest BCUT2D eigenvalue weighted by atomic mass is 9.98. The van der Waals surface area contributed by atoms with Crippen molar-refractivity contribution in [3.8, 4) is 0 Å². The van der Waals surface area contributed by atoms with E-state index in [1.807, 2.05) is 0 Å². The SMILES string of the molecule is CN(C(=O)c1ccc([N+](=O)[O-])cc1Cl)C1CC2CCC(C1)N2. The highest BCUT2D eigenvalue weighted by molar-refractivity contribution is 6.34. The Bertz CT molecular complexity index is 610. The summed E-state index contributed by atoms with van der Waals surface area (Å²) in [7, 11) is 1.79. The molecule has 2 heterocycles. The highest BCUT2D eigenvalue weighted by Gasteiger charge is 2.36. The lowest BCUT2D eigenvalue weighted by molar-refractivity contribution is -0.384. The number of halogens is 1. The second-order valence-electron chi connectivity index (χ2n) is 6.10. The molecule has 118 valence electrons. The first-order valence-electron chi connectivity index (χ1n) is 7.43. The van der Waals surface area contributed by atoms with Crippen LogP contribution in [-0.4, -0.2) is 40.9 Å². The number of rotatable bonds is 3. The Morgan fingerprint density at radius 3 is 2.55 bits per heavy atom. The van der Waals surface area contributed by atoms with E-state index in [0.717, 1.165) is 12.8 Å². The second kappa shape index (κ2) is 5.85. The summed E-state index contributed by atoms with van der Waals surface area (Å²) in [6, 6.07) is 5.16. The summed E-state index contributed by atoms with van der Waals surface area (Å²) in [5, 5.41) is 14.4. The van der Waals surface area contributed by atoms with Crippen LogP contribution >= 0.6 is 11.6 Å². The predicted molar refractivity (Wildman–Crippen MR) is 83.2 cm³/mol. The molecular formula is C15H18ClN3O3. The third kappa shape index (κ3) is 2.80. The summed E-state index contributed by atoms with van der Waals surface area (Å²) in [4.78, 5) is 24.6. The molecule has 0 spiro atoms. The average Bonchev–Trinajstić information content (AvgIpc) is 2.84. The van der Waals surface area contributed by atoms with Crippen molar-refractivity contribution < 1.29 is 9.72 Å². The van der Waals surface area contributed by atoms with E-state index in [1.165, 1.54) is 31.0 Å². The average molecular weight is 324 g/mol. The highest BCUT2D eigenvalue weighted by Crippen LogP contribution is 2.31. The smallest absolute Gasteiger partial charge is 0.270 e. The Kier molecular flexibility index (Phi) is 4.06. The van der Waals surface area contributed by atoms with Gasteiger partial charge in [0.2, 0.25) is 0 Å². The van der Waals surface area contributed by atoms with E-state index in [4.69, 9.17) is 11.6 Å². The monoisotopic (exact) mass is 323 g/mol. The fourth-order valence-corrected chi connectivity index (χ4v) is 3.75. The molecule has 0 radical (unpaired) electrons. The number of fused-ring (bicyclic) bond motifs is 2. The molecule has 2 aliphatic heterocycles. The Morgan fingerprint density at radius 2 is 2.00 bits per heavy atom. The second-order valence-corrected chi connectivity index (χ2v) is 6.51. The molecule has 2 bridgehead atoms. The highest BCUT2D eigenvalue weighted by atomic mass is 35.5. The lowest BCUT2D eigenvalue weighted by Crippen LogP contribution is -2.48. The van der Waals surface area contributed by atoms with Gasteiger partial charge in [-0.15, -0.1) is 0 Å². The van der Waals surface area contributed by atoms with E-state index in [9.17, 15) is 14.9 Å². The van der Waals surface area contributed by atoms with Crippen molar-refractivity contribution >= 4 is 23.2 Å². The summed E-state index contributed by atoms with van der Waals surface area (Å²) in [6.07, 6.45) is 4.23. The van der Waals surface area contributed by atoms with Crippen LogP contribution in [0.15, 0.2) is 18.2 Å². The zero-order valence-electron chi connectivity index (χ0n) is 12.3. The van der Waals surface area contributed by atoms with Crippen LogP contribution in [0.2, 0.25) is 5.02 Å². The summed E-state index contributed by atoms with van der Waals surface area (Å²) in [5.41, 5.74) is 0.213. The number of benzene rings is 1. The number of nitrogens with one attached hydrogen (secondary N) is 1. The minimum Gasteiger partial charge on any atom is -0.339 e. The molecule has 2 unspecified atom stereocenters. The number of nitro benzene ring substituents is 1. The standard InChI is InChI=1S/C15H18ClN3O3/c1-18(12-6-9-2-3-10(7-12)17-9)15(20)13-5-4-11(19(21)22)8-14(13)16/h4-5,8-10,12,17H,2-3,6-7H2,1H3. The molecule has 7 heteroatoms. The van der Waals surface area contributed by atoms with Crippen molar-refractivity contribution in [3.05, 3.63) is 38.9 Å². The summed E-state index contributed by atoms with van der Waals surface area (Å²) in [6.45, 7) is 0. The molecule has 1 aromatic carbocycles. The van der Waals surface area contributed by atoms with Gasteiger partial charge in [0.25, 0.3) is 11.6 Å². The maximum Gasteiger partial charge on any atom is 0.270 e. The van der Waals surface area contributed by atoms with Gasteiger partial charge in [-0.05, 0) is 31.7 Å². The Labute approximate surface area is 133 Å². The molecule has 0 saturated carbocycles. The van der Waals surface area contributed by atoms with Crippen molar-refractivity contribution in [1.82, 2.24) is 10.2 Å². The summed E-state index contributed by atoms with van der Waals surface area (Å²) >= 11 is 6.06. The van der Waals surface area contributed by atoms with Gasteiger partial charge in [0.05, 0.1) is 15.5 Å². The van der Waals surface area contributed by atoms with E-state index in [0.29, 0.717) is 17.6 Å². The van der Waals surface area contributed by atoms with Crippen LogP contribution in [0.4, 0.5) is 5.69 Å². The number of amides is 1. The van der Waals surface area contributed by atoms with Crippen molar-refractivity contribution in [2.45, 2.75) is 43.8 Å². The van der Waals surface area contributed by atoms with E-state index in [1.54, 1.807) is 11.9 Å². The van der Waals surface area contributed by atoms with Crippen LogP contribution in [0, 0.1) is 10.1 Å². The Hall–Kier alpha value is -1.66. The predicted octanol–water partition coefficient (Wildman–Crippen LogP) is 2.60. The van der Waals surface area contributed by atoms with Gasteiger partial charge in [0, 0.05) is 37.3 Å². The van der Waals surface area contributed by atoms with E-state index >= 15 is 0 Å². The van der Waals surface area contributed by atoms with E-state index < -0.39 is 4.92 Å². The fourth-order valence-electron chi connectivity index (χ4n) is 3.49. The van der Waals surface area contributed by atoms with Crippen LogP contribution in [0.1, 0.15) is 36.0 Å². The maximum atomic E-state index is 12.6. The van der Waals surface area contributed by atoms with Gasteiger partial charge in [-0.25, -0.2) is 0 Å². The topological polar surface area (TPSA) is 75.5 Å². The molecule has 0 aromatic heterocycles. The molecule has 0 aliphatic carbocycles. The van der Waals surface area contributed by atoms with Crippen LogP contribution < -0.4 is 5.32 Å². The number of nitro groups is 1. The number of nitrogens with zero attached hydrogens (tertiary/aromatic N) is 2. The molecule has 2 saturated heterocycles. The van der Waals surface area contributed by atoms with Crippen LogP contribution in [-0.2, 0) is 0 Å². The quantitative estimate of drug-likeness (QED) is 0.685. The first-order chi connectivity index (χ1) is 10.5. The van der Waals surface area contributed by atoms with Crippen LogP contribution in [0.25, 0.3) is 0 Å². The lowest BCUT2D eigenvalue weighted by Gasteiger charge is -2.35. The summed E-state index contributed by atoms with van der Waals surface area (Å²) in [5.74, 6) is -0.175. The molecule has 1 amide bonds. The Morgan fingerprint density at radius 1 is 1.36 bits per heavy atom. The molecule has 1 N–H and O–H groups in total. The minimum absolute atomic E-state index is 0.107. The number of carbonyl (C=O) groups excluding carboxylic acids is 1. The Balaban J connectivity index is 1.77. The number of non-ortho nitro benzene ring substituents is 1. The van der Waals surface area contributed by atoms with Gasteiger partial charge in [-0.2, -0.15) is 0 Å². The van der Waals surface area contributed by atoms with Gasteiger partial charge in [0.1, 0.15) is 0 Å². The first-order valence-corrected chi connectivity index (χ1v) is 7.80. The molecule has 6 nitrogen and oxygen atoms in total. The minimum atomic E-state index is -0.519. The largest absolute Gasteiger partial charge is 0.339 e. The normalized spacial score (nSPS) is 26.7. The zero-order chi connectivity index (χ0) is 15.9. The van der Waals surface area contributed by atoms with Gasteiger partial charge >= 0.3 is 0 Å². The molecule has 1 aromatic rings. The zero-order valence-corrected chi connectivity index (χ0v) is 13.0. The van der Waals surface area contributed by atoms with Crippen molar-refractivity contribution in [2.75, 3.05) is 7.05 Å². The molecule has 22 heavy (non-hydrogen) atoms. The van der Waals surface area contributed by atoms with Gasteiger partial charge < -0.3 is 10.2 Å². The number of hydrogen-bond donors (Lipinski definition) is 1. The first kappa shape index (κ1) is 15.2. The molecule has 2 aliphatic rings. The van der Waals surface area contributed by atoms with Gasteiger partial charge in [-0.3, -0.25) is 14.9 Å². The van der Waals surface area contributed by atoms with Crippen molar-refractivity contribution in [2.24, 2.45) is 0 Å². The molecule has 2 fully saturated rings. The van der Waals surface area contributed by atoms with Gasteiger partial charge in [-0.1, -0.05) is 11.6 Å². The van der Waals surface area contributed by atoms with E-state index in [-0.39, 0.29) is 22.7 Å². The number of hydrogen-bond acceptors (Lipinski definition) is 4.